The van der Waals surface area contributed by atoms with Gasteiger partial charge < -0.3 is 16.4 Å². The first kappa shape index (κ1) is 18.3. The molecule has 27 heavy (non-hydrogen) atoms. The van der Waals surface area contributed by atoms with Gasteiger partial charge in [0.2, 0.25) is 5.96 Å². The second-order valence-corrected chi connectivity index (χ2v) is 7.95. The van der Waals surface area contributed by atoms with E-state index in [9.17, 15) is 4.79 Å². The molecule has 2 fully saturated rings. The van der Waals surface area contributed by atoms with Crippen LogP contribution in [0.4, 0.5) is 4.79 Å². The molecule has 0 saturated carbocycles. The Hall–Kier alpha value is -2.12. The van der Waals surface area contributed by atoms with Crippen molar-refractivity contribution >= 4 is 12.0 Å². The van der Waals surface area contributed by atoms with Crippen LogP contribution < -0.4 is 16.8 Å². The van der Waals surface area contributed by atoms with Crippen LogP contribution in [0.25, 0.3) is 0 Å². The zero-order chi connectivity index (χ0) is 18.9. The number of hydrogen-bond acceptors (Lipinski definition) is 5. The van der Waals surface area contributed by atoms with Crippen molar-refractivity contribution in [3.63, 3.8) is 0 Å². The maximum absolute atomic E-state index is 13.0. The Morgan fingerprint density at radius 3 is 2.78 bits per heavy atom. The van der Waals surface area contributed by atoms with Gasteiger partial charge in [-0.15, -0.1) is 0 Å². The Morgan fingerprint density at radius 2 is 2.00 bits per heavy atom. The van der Waals surface area contributed by atoms with Crippen LogP contribution in [-0.2, 0) is 13.0 Å². The molecule has 2 atom stereocenters. The molecule has 2 saturated heterocycles. The number of nitrogens with one attached hydrogen (secondary N) is 1. The third-order valence-corrected chi connectivity index (χ3v) is 6.06. The zero-order valence-electron chi connectivity index (χ0n) is 15.9. The first-order chi connectivity index (χ1) is 13.1. The first-order valence-electron chi connectivity index (χ1n) is 10.1. The van der Waals surface area contributed by atoms with E-state index in [1.165, 1.54) is 5.56 Å². The molecular formula is C20H30N6O. The molecule has 0 bridgehead atoms. The Bertz CT molecular complexity index is 735. The average molecular weight is 371 g/mol. The summed E-state index contributed by atoms with van der Waals surface area (Å²) in [7, 11) is 0. The highest BCUT2D eigenvalue weighted by atomic mass is 16.2. The normalized spacial score (nSPS) is 28.4. The van der Waals surface area contributed by atoms with Crippen molar-refractivity contribution < 1.29 is 4.79 Å². The third kappa shape index (κ3) is 3.53. The number of amides is 2. The van der Waals surface area contributed by atoms with Gasteiger partial charge in [0.15, 0.2) is 0 Å². The standard InChI is InChI=1S/C20H30N6O/c21-13-16-7-2-1-6-15(16)12-20-9-3-4-11-26(20)19(27)23-18(24-20)25-10-5-8-17(22)14-25/h1-2,6-7,17H,3-5,8-14,21-22H2,(H,23,24,27). The molecule has 3 heterocycles. The van der Waals surface area contributed by atoms with Gasteiger partial charge in [-0.2, -0.15) is 0 Å². The molecule has 0 radical (unpaired) electrons. The number of guanidine groups is 1. The van der Waals surface area contributed by atoms with Crippen molar-refractivity contribution in [2.24, 2.45) is 16.5 Å². The summed E-state index contributed by atoms with van der Waals surface area (Å²) in [6, 6.07) is 8.33. The van der Waals surface area contributed by atoms with E-state index in [2.05, 4.69) is 22.3 Å². The Balaban J connectivity index is 1.70. The van der Waals surface area contributed by atoms with Gasteiger partial charge in [-0.25, -0.2) is 9.79 Å². The number of nitrogens with zero attached hydrogens (tertiary/aromatic N) is 3. The number of urea groups is 1. The van der Waals surface area contributed by atoms with E-state index in [1.54, 1.807) is 0 Å². The highest BCUT2D eigenvalue weighted by molar-refractivity contribution is 5.98. The molecular weight excluding hydrogens is 340 g/mol. The van der Waals surface area contributed by atoms with E-state index in [1.807, 2.05) is 17.0 Å². The van der Waals surface area contributed by atoms with Crippen LogP contribution in [0.15, 0.2) is 29.3 Å². The molecule has 2 unspecified atom stereocenters. The third-order valence-electron chi connectivity index (χ3n) is 6.06. The Kier molecular flexibility index (Phi) is 5.06. The molecule has 1 aromatic rings. The van der Waals surface area contributed by atoms with E-state index >= 15 is 0 Å². The number of carbonyl (C=O) groups is 1. The van der Waals surface area contributed by atoms with Gasteiger partial charge in [-0.1, -0.05) is 24.3 Å². The fourth-order valence-electron chi connectivity index (χ4n) is 4.63. The van der Waals surface area contributed by atoms with E-state index in [0.29, 0.717) is 18.9 Å². The number of hydrogen-bond donors (Lipinski definition) is 3. The second kappa shape index (κ2) is 7.48. The van der Waals surface area contributed by atoms with Gasteiger partial charge in [-0.3, -0.25) is 10.2 Å². The van der Waals surface area contributed by atoms with Gasteiger partial charge in [0.05, 0.1) is 0 Å². The van der Waals surface area contributed by atoms with Crippen molar-refractivity contribution in [3.05, 3.63) is 35.4 Å². The summed E-state index contributed by atoms with van der Waals surface area (Å²) in [6.07, 6.45) is 5.74. The quantitative estimate of drug-likeness (QED) is 0.748. The SMILES string of the molecule is NCc1ccccc1CC12CCCCN1C(=O)NC(N1CCCC(N)C1)=N2. The summed E-state index contributed by atoms with van der Waals surface area (Å²) in [5.41, 5.74) is 13.9. The number of likely N-dealkylation sites (tertiary alicyclic amines) is 1. The topological polar surface area (TPSA) is 100.0 Å². The number of fused-ring (bicyclic) bond motifs is 1. The molecule has 2 amide bonds. The minimum absolute atomic E-state index is 0.0379. The second-order valence-electron chi connectivity index (χ2n) is 7.95. The number of benzene rings is 1. The number of carbonyl (C=O) groups excluding carboxylic acids is 1. The number of aliphatic imine (C=N–C) groups is 1. The van der Waals surface area contributed by atoms with Gasteiger partial charge in [0.1, 0.15) is 5.66 Å². The van der Waals surface area contributed by atoms with Crippen molar-refractivity contribution in [3.8, 4) is 0 Å². The van der Waals surface area contributed by atoms with Crippen LogP contribution in [0.2, 0.25) is 0 Å². The van der Waals surface area contributed by atoms with Crippen LogP contribution >= 0.6 is 0 Å². The maximum Gasteiger partial charge on any atom is 0.326 e. The van der Waals surface area contributed by atoms with Crippen molar-refractivity contribution in [1.82, 2.24) is 15.1 Å². The Labute approximate surface area is 160 Å². The molecule has 1 aromatic carbocycles. The predicted octanol–water partition coefficient (Wildman–Crippen LogP) is 1.37. The zero-order valence-corrected chi connectivity index (χ0v) is 15.9. The molecule has 0 aliphatic carbocycles. The van der Waals surface area contributed by atoms with Crippen LogP contribution in [0, 0.1) is 0 Å². The fourth-order valence-corrected chi connectivity index (χ4v) is 4.63. The summed E-state index contributed by atoms with van der Waals surface area (Å²) >= 11 is 0. The fraction of sp³-hybridized carbons (Fsp3) is 0.600. The van der Waals surface area contributed by atoms with Gasteiger partial charge in [0.25, 0.3) is 0 Å². The van der Waals surface area contributed by atoms with E-state index in [4.69, 9.17) is 16.5 Å². The average Bonchev–Trinajstić information content (AvgIpc) is 2.68. The number of rotatable bonds is 3. The molecule has 3 aliphatic heterocycles. The number of nitrogens with two attached hydrogens (primary N) is 2. The summed E-state index contributed by atoms with van der Waals surface area (Å²) in [6.45, 7) is 2.87. The van der Waals surface area contributed by atoms with Crippen LogP contribution in [0.5, 0.6) is 0 Å². The largest absolute Gasteiger partial charge is 0.341 e. The maximum atomic E-state index is 13.0. The predicted molar refractivity (Wildman–Crippen MR) is 106 cm³/mol. The summed E-state index contributed by atoms with van der Waals surface area (Å²) in [5, 5.41) is 3.03. The van der Waals surface area contributed by atoms with E-state index < -0.39 is 5.66 Å². The summed E-state index contributed by atoms with van der Waals surface area (Å²) < 4.78 is 0. The lowest BCUT2D eigenvalue weighted by Crippen LogP contribution is -2.66. The lowest BCUT2D eigenvalue weighted by molar-refractivity contribution is 0.0742. The Morgan fingerprint density at radius 1 is 1.19 bits per heavy atom. The monoisotopic (exact) mass is 370 g/mol. The molecule has 4 rings (SSSR count). The molecule has 5 N–H and O–H groups in total. The van der Waals surface area contributed by atoms with Crippen LogP contribution in [0.1, 0.15) is 43.2 Å². The van der Waals surface area contributed by atoms with Gasteiger partial charge in [-0.05, 0) is 43.2 Å². The summed E-state index contributed by atoms with van der Waals surface area (Å²) in [4.78, 5) is 22.2. The number of piperidine rings is 2. The molecule has 0 aromatic heterocycles. The molecule has 146 valence electrons. The van der Waals surface area contributed by atoms with Crippen LogP contribution in [-0.4, -0.2) is 53.1 Å². The van der Waals surface area contributed by atoms with E-state index in [0.717, 1.165) is 57.3 Å². The lowest BCUT2D eigenvalue weighted by Gasteiger charge is -2.49. The lowest BCUT2D eigenvalue weighted by atomic mass is 9.87. The van der Waals surface area contributed by atoms with Crippen molar-refractivity contribution in [1.29, 1.82) is 0 Å². The smallest absolute Gasteiger partial charge is 0.326 e. The molecule has 7 nitrogen and oxygen atoms in total. The first-order valence-corrected chi connectivity index (χ1v) is 10.1. The minimum Gasteiger partial charge on any atom is -0.341 e. The highest BCUT2D eigenvalue weighted by Gasteiger charge is 2.46. The molecule has 3 aliphatic rings. The van der Waals surface area contributed by atoms with Crippen LogP contribution in [0.3, 0.4) is 0 Å². The highest BCUT2D eigenvalue weighted by Crippen LogP contribution is 2.36. The van der Waals surface area contributed by atoms with E-state index in [-0.39, 0.29) is 12.1 Å². The summed E-state index contributed by atoms with van der Waals surface area (Å²) in [5.74, 6) is 0.693. The van der Waals surface area contributed by atoms with Gasteiger partial charge >= 0.3 is 6.03 Å². The van der Waals surface area contributed by atoms with Gasteiger partial charge in [0, 0.05) is 38.6 Å². The van der Waals surface area contributed by atoms with Crippen molar-refractivity contribution in [2.45, 2.75) is 56.8 Å². The molecule has 0 spiro atoms. The minimum atomic E-state index is -0.525. The van der Waals surface area contributed by atoms with Crippen molar-refractivity contribution in [2.75, 3.05) is 19.6 Å². The molecule has 7 heteroatoms.